The Balaban J connectivity index is 2.05. The van der Waals surface area contributed by atoms with E-state index < -0.39 is 21.5 Å². The molecule has 8 heteroatoms. The predicted octanol–water partition coefficient (Wildman–Crippen LogP) is 2.91. The van der Waals surface area contributed by atoms with Gasteiger partial charge in [-0.05, 0) is 29.8 Å². The second kappa shape index (κ2) is 8.22. The van der Waals surface area contributed by atoms with Gasteiger partial charge in [-0.15, -0.1) is 0 Å². The molecular formula is C17H18ClNO5S. The normalized spacial score (nSPS) is 11.0. The van der Waals surface area contributed by atoms with Gasteiger partial charge in [0.05, 0.1) is 25.7 Å². The number of carbonyl (C=O) groups is 1. The second-order valence-electron chi connectivity index (χ2n) is 5.27. The first-order chi connectivity index (χ1) is 11.8. The number of rotatable bonds is 7. The van der Waals surface area contributed by atoms with Crippen molar-refractivity contribution in [3.05, 3.63) is 53.1 Å². The zero-order chi connectivity index (χ0) is 18.4. The molecule has 0 saturated heterocycles. The summed E-state index contributed by atoms with van der Waals surface area (Å²) in [6.07, 6.45) is 0. The van der Waals surface area contributed by atoms with Gasteiger partial charge in [-0.2, -0.15) is 0 Å². The number of benzene rings is 2. The van der Waals surface area contributed by atoms with Crippen LogP contribution >= 0.6 is 11.6 Å². The lowest BCUT2D eigenvalue weighted by Gasteiger charge is -2.12. The van der Waals surface area contributed by atoms with Crippen LogP contribution in [-0.4, -0.2) is 34.3 Å². The summed E-state index contributed by atoms with van der Waals surface area (Å²) < 4.78 is 34.6. The van der Waals surface area contributed by atoms with Crippen molar-refractivity contribution in [3.8, 4) is 11.5 Å². The van der Waals surface area contributed by atoms with E-state index in [9.17, 15) is 13.2 Å². The van der Waals surface area contributed by atoms with E-state index >= 15 is 0 Å². The lowest BCUT2D eigenvalue weighted by atomic mass is 10.2. The fourth-order valence-electron chi connectivity index (χ4n) is 2.17. The highest BCUT2D eigenvalue weighted by molar-refractivity contribution is 7.91. The topological polar surface area (TPSA) is 81.7 Å². The van der Waals surface area contributed by atoms with Crippen LogP contribution in [0.5, 0.6) is 11.5 Å². The quantitative estimate of drug-likeness (QED) is 0.795. The van der Waals surface area contributed by atoms with Crippen LogP contribution in [0, 0.1) is 0 Å². The summed E-state index contributed by atoms with van der Waals surface area (Å²) in [6.45, 7) is 0. The van der Waals surface area contributed by atoms with Gasteiger partial charge in [0.1, 0.15) is 17.3 Å². The number of hydrogen-bond acceptors (Lipinski definition) is 5. The van der Waals surface area contributed by atoms with E-state index in [1.165, 1.54) is 14.2 Å². The minimum absolute atomic E-state index is 0.239. The van der Waals surface area contributed by atoms with Gasteiger partial charge < -0.3 is 14.8 Å². The zero-order valence-corrected chi connectivity index (χ0v) is 15.4. The van der Waals surface area contributed by atoms with Crippen LogP contribution in [0.15, 0.2) is 42.5 Å². The van der Waals surface area contributed by atoms with Gasteiger partial charge in [-0.1, -0.05) is 23.7 Å². The van der Waals surface area contributed by atoms with Crippen molar-refractivity contribution in [3.63, 3.8) is 0 Å². The monoisotopic (exact) mass is 383 g/mol. The van der Waals surface area contributed by atoms with Gasteiger partial charge in [-0.3, -0.25) is 4.79 Å². The summed E-state index contributed by atoms with van der Waals surface area (Å²) >= 11 is 5.77. The molecule has 2 rings (SSSR count). The Labute approximate surface area is 151 Å². The number of carbonyl (C=O) groups excluding carboxylic acids is 1. The van der Waals surface area contributed by atoms with E-state index in [0.29, 0.717) is 27.8 Å². The summed E-state index contributed by atoms with van der Waals surface area (Å²) in [6, 6.07) is 11.3. The maximum Gasteiger partial charge on any atom is 0.239 e. The number of sulfone groups is 1. The van der Waals surface area contributed by atoms with Crippen LogP contribution in [0.4, 0.5) is 5.69 Å². The third-order valence-corrected chi connectivity index (χ3v) is 5.06. The summed E-state index contributed by atoms with van der Waals surface area (Å²) in [5.74, 6) is -0.576. The van der Waals surface area contributed by atoms with Crippen molar-refractivity contribution in [1.82, 2.24) is 0 Å². The van der Waals surface area contributed by atoms with Gasteiger partial charge in [0, 0.05) is 11.1 Å². The Hall–Kier alpha value is -2.25. The van der Waals surface area contributed by atoms with E-state index in [2.05, 4.69) is 5.32 Å². The van der Waals surface area contributed by atoms with Gasteiger partial charge >= 0.3 is 0 Å². The molecule has 2 aromatic rings. The third kappa shape index (κ3) is 5.65. The van der Waals surface area contributed by atoms with Crippen molar-refractivity contribution < 1.29 is 22.7 Å². The zero-order valence-electron chi connectivity index (χ0n) is 13.8. The third-order valence-electron chi connectivity index (χ3n) is 3.33. The molecule has 2 aromatic carbocycles. The van der Waals surface area contributed by atoms with Crippen LogP contribution in [0.1, 0.15) is 5.56 Å². The summed E-state index contributed by atoms with van der Waals surface area (Å²) in [4.78, 5) is 12.1. The Kier molecular flexibility index (Phi) is 6.27. The highest BCUT2D eigenvalue weighted by Crippen LogP contribution is 2.29. The van der Waals surface area contributed by atoms with Crippen LogP contribution < -0.4 is 14.8 Å². The number of amides is 1. The fourth-order valence-corrected chi connectivity index (χ4v) is 3.57. The van der Waals surface area contributed by atoms with Gasteiger partial charge in [-0.25, -0.2) is 8.42 Å². The number of ether oxygens (including phenoxy) is 2. The Morgan fingerprint density at radius 1 is 1.08 bits per heavy atom. The standard InChI is InChI=1S/C17H18ClNO5S/c1-23-14-7-8-15(16(9-14)24-2)19-17(20)11-25(21,22)10-12-3-5-13(18)6-4-12/h3-9H,10-11H2,1-2H3,(H,19,20). The van der Waals surface area contributed by atoms with E-state index in [0.717, 1.165) is 0 Å². The largest absolute Gasteiger partial charge is 0.497 e. The van der Waals surface area contributed by atoms with Crippen molar-refractivity contribution in [2.45, 2.75) is 5.75 Å². The van der Waals surface area contributed by atoms with Crippen molar-refractivity contribution >= 4 is 33.0 Å². The molecule has 0 bridgehead atoms. The molecule has 0 unspecified atom stereocenters. The number of anilines is 1. The first-order valence-corrected chi connectivity index (χ1v) is 9.49. The Morgan fingerprint density at radius 2 is 1.76 bits per heavy atom. The lowest BCUT2D eigenvalue weighted by Crippen LogP contribution is -2.24. The van der Waals surface area contributed by atoms with Gasteiger partial charge in [0.25, 0.3) is 0 Å². The molecule has 1 N–H and O–H groups in total. The second-order valence-corrected chi connectivity index (χ2v) is 7.77. The summed E-state index contributed by atoms with van der Waals surface area (Å²) in [7, 11) is -0.663. The van der Waals surface area contributed by atoms with Gasteiger partial charge in [0.15, 0.2) is 9.84 Å². The maximum absolute atomic E-state index is 12.2. The average Bonchev–Trinajstić information content (AvgIpc) is 2.56. The van der Waals surface area contributed by atoms with E-state index in [1.807, 2.05) is 0 Å². The molecule has 0 aliphatic heterocycles. The predicted molar refractivity (Wildman–Crippen MR) is 97.1 cm³/mol. The van der Waals surface area contributed by atoms with E-state index in [4.69, 9.17) is 21.1 Å². The molecule has 0 aliphatic rings. The van der Waals surface area contributed by atoms with E-state index in [1.54, 1.807) is 42.5 Å². The fraction of sp³-hybridized carbons (Fsp3) is 0.235. The molecular weight excluding hydrogens is 366 g/mol. The molecule has 1 amide bonds. The van der Waals surface area contributed by atoms with E-state index in [-0.39, 0.29) is 5.75 Å². The highest BCUT2D eigenvalue weighted by atomic mass is 35.5. The molecule has 0 heterocycles. The minimum Gasteiger partial charge on any atom is -0.497 e. The minimum atomic E-state index is -3.62. The molecule has 0 radical (unpaired) electrons. The smallest absolute Gasteiger partial charge is 0.239 e. The average molecular weight is 384 g/mol. The van der Waals surface area contributed by atoms with Crippen molar-refractivity contribution in [1.29, 1.82) is 0 Å². The molecule has 0 spiro atoms. The molecule has 0 fully saturated rings. The molecule has 6 nitrogen and oxygen atoms in total. The maximum atomic E-state index is 12.2. The van der Waals surface area contributed by atoms with Crippen molar-refractivity contribution in [2.75, 3.05) is 25.3 Å². The summed E-state index contributed by atoms with van der Waals surface area (Å²) in [5, 5.41) is 3.06. The van der Waals surface area contributed by atoms with Gasteiger partial charge in [0.2, 0.25) is 5.91 Å². The van der Waals surface area contributed by atoms with Crippen LogP contribution in [0.2, 0.25) is 5.02 Å². The first-order valence-electron chi connectivity index (χ1n) is 7.30. The Bertz CT molecular complexity index is 850. The Morgan fingerprint density at radius 3 is 2.36 bits per heavy atom. The number of hydrogen-bond donors (Lipinski definition) is 1. The number of methoxy groups -OCH3 is 2. The number of nitrogens with one attached hydrogen (secondary N) is 1. The molecule has 0 atom stereocenters. The van der Waals surface area contributed by atoms with Crippen molar-refractivity contribution in [2.24, 2.45) is 0 Å². The molecule has 0 aliphatic carbocycles. The van der Waals surface area contributed by atoms with Crippen LogP contribution in [-0.2, 0) is 20.4 Å². The molecule has 0 saturated carbocycles. The summed E-state index contributed by atoms with van der Waals surface area (Å²) in [5.41, 5.74) is 0.939. The SMILES string of the molecule is COc1ccc(NC(=O)CS(=O)(=O)Cc2ccc(Cl)cc2)c(OC)c1. The van der Waals surface area contributed by atoms with Crippen LogP contribution in [0.25, 0.3) is 0 Å². The van der Waals surface area contributed by atoms with Crippen LogP contribution in [0.3, 0.4) is 0 Å². The number of halogens is 1. The highest BCUT2D eigenvalue weighted by Gasteiger charge is 2.19. The lowest BCUT2D eigenvalue weighted by molar-refractivity contribution is -0.113. The molecule has 0 aromatic heterocycles. The molecule has 134 valence electrons. The first kappa shape index (κ1) is 19.1. The molecule has 25 heavy (non-hydrogen) atoms.